The van der Waals surface area contributed by atoms with Crippen molar-refractivity contribution in [3.8, 4) is 0 Å². The number of rotatable bonds is 6. The predicted molar refractivity (Wildman–Crippen MR) is 98.3 cm³/mol. The minimum atomic E-state index is -1.03. The molecule has 1 amide bonds. The Morgan fingerprint density at radius 2 is 1.73 bits per heavy atom. The highest BCUT2D eigenvalue weighted by Gasteiger charge is 2.13. The molecule has 0 radical (unpaired) electrons. The number of nitrogens with one attached hydrogen (secondary N) is 1. The van der Waals surface area contributed by atoms with Crippen molar-refractivity contribution in [2.24, 2.45) is 0 Å². The molecule has 0 atom stereocenters. The van der Waals surface area contributed by atoms with Crippen molar-refractivity contribution >= 4 is 17.6 Å². The van der Waals surface area contributed by atoms with Gasteiger partial charge in [-0.25, -0.2) is 4.79 Å². The number of morpholine rings is 1. The Hall–Kier alpha value is -2.70. The van der Waals surface area contributed by atoms with Crippen molar-refractivity contribution in [2.75, 3.05) is 31.6 Å². The van der Waals surface area contributed by atoms with Crippen molar-refractivity contribution in [2.45, 2.75) is 13.0 Å². The average molecular weight is 354 g/mol. The molecule has 26 heavy (non-hydrogen) atoms. The Balaban J connectivity index is 1.57. The Morgan fingerprint density at radius 1 is 1.04 bits per heavy atom. The number of aromatic carboxylic acids is 1. The summed E-state index contributed by atoms with van der Waals surface area (Å²) < 4.78 is 5.35. The first kappa shape index (κ1) is 18.1. The third kappa shape index (κ3) is 4.91. The number of amides is 1. The molecule has 1 fully saturated rings. The van der Waals surface area contributed by atoms with Crippen LogP contribution in [0.25, 0.3) is 0 Å². The summed E-state index contributed by atoms with van der Waals surface area (Å²) in [5, 5.41) is 12.0. The fourth-order valence-corrected chi connectivity index (χ4v) is 2.97. The molecule has 136 valence electrons. The minimum absolute atomic E-state index is 0.0258. The maximum absolute atomic E-state index is 12.2. The Bertz CT molecular complexity index is 768. The van der Waals surface area contributed by atoms with Crippen molar-refractivity contribution in [3.05, 3.63) is 65.2 Å². The monoisotopic (exact) mass is 354 g/mol. The summed E-state index contributed by atoms with van der Waals surface area (Å²) >= 11 is 0. The quantitative estimate of drug-likeness (QED) is 0.833. The maximum Gasteiger partial charge on any atom is 0.335 e. The van der Waals surface area contributed by atoms with E-state index in [2.05, 4.69) is 10.2 Å². The van der Waals surface area contributed by atoms with Crippen LogP contribution in [0.3, 0.4) is 0 Å². The Kier molecular flexibility index (Phi) is 5.99. The predicted octanol–water partition coefficient (Wildman–Crippen LogP) is 2.40. The Morgan fingerprint density at radius 3 is 2.42 bits per heavy atom. The summed E-state index contributed by atoms with van der Waals surface area (Å²) in [5.74, 6) is -1.26. The molecule has 1 aliphatic rings. The van der Waals surface area contributed by atoms with E-state index in [1.165, 1.54) is 11.6 Å². The van der Waals surface area contributed by atoms with Crippen LogP contribution in [-0.2, 0) is 22.5 Å². The summed E-state index contributed by atoms with van der Waals surface area (Å²) in [6, 6.07) is 14.3. The lowest BCUT2D eigenvalue weighted by Crippen LogP contribution is -2.35. The fourth-order valence-electron chi connectivity index (χ4n) is 2.97. The molecular formula is C20H22N2O4. The molecule has 2 N–H and O–H groups in total. The van der Waals surface area contributed by atoms with Gasteiger partial charge in [-0.05, 0) is 29.3 Å². The van der Waals surface area contributed by atoms with Crippen LogP contribution in [0.1, 0.15) is 21.5 Å². The number of carbonyl (C=O) groups is 2. The van der Waals surface area contributed by atoms with Gasteiger partial charge in [0.25, 0.3) is 0 Å². The standard InChI is InChI=1S/C20H22N2O4/c23-19(13-16-3-1-2-4-18(16)20(24)25)21-17-7-5-15(6-8-17)14-22-9-11-26-12-10-22/h1-8H,9-14H2,(H,21,23)(H,24,25). The van der Waals surface area contributed by atoms with Crippen molar-refractivity contribution < 1.29 is 19.4 Å². The zero-order valence-corrected chi connectivity index (χ0v) is 14.5. The highest BCUT2D eigenvalue weighted by molar-refractivity contribution is 5.96. The smallest absolute Gasteiger partial charge is 0.335 e. The first-order valence-electron chi connectivity index (χ1n) is 8.62. The van der Waals surface area contributed by atoms with Crippen molar-refractivity contribution in [3.63, 3.8) is 0 Å². The van der Waals surface area contributed by atoms with E-state index in [1.54, 1.807) is 18.2 Å². The van der Waals surface area contributed by atoms with E-state index in [4.69, 9.17) is 4.74 Å². The van der Waals surface area contributed by atoms with Crippen LogP contribution in [0.15, 0.2) is 48.5 Å². The number of hydrogen-bond acceptors (Lipinski definition) is 4. The first-order valence-corrected chi connectivity index (χ1v) is 8.62. The second-order valence-corrected chi connectivity index (χ2v) is 6.27. The van der Waals surface area contributed by atoms with E-state index >= 15 is 0 Å². The molecule has 2 aromatic carbocycles. The van der Waals surface area contributed by atoms with Gasteiger partial charge < -0.3 is 15.2 Å². The van der Waals surface area contributed by atoms with Gasteiger partial charge in [-0.1, -0.05) is 30.3 Å². The zero-order valence-electron chi connectivity index (χ0n) is 14.5. The number of nitrogens with zero attached hydrogens (tertiary/aromatic N) is 1. The van der Waals surface area contributed by atoms with E-state index in [0.29, 0.717) is 11.3 Å². The van der Waals surface area contributed by atoms with Gasteiger partial charge in [0.2, 0.25) is 5.91 Å². The minimum Gasteiger partial charge on any atom is -0.478 e. The van der Waals surface area contributed by atoms with Crippen molar-refractivity contribution in [1.29, 1.82) is 0 Å². The first-order chi connectivity index (χ1) is 12.6. The van der Waals surface area contributed by atoms with E-state index in [9.17, 15) is 14.7 Å². The summed E-state index contributed by atoms with van der Waals surface area (Å²) in [5.41, 5.74) is 2.54. The third-order valence-corrected chi connectivity index (χ3v) is 4.35. The SMILES string of the molecule is O=C(Cc1ccccc1C(=O)O)Nc1ccc(CN2CCOCC2)cc1. The van der Waals surface area contributed by atoms with Crippen LogP contribution in [0, 0.1) is 0 Å². The topological polar surface area (TPSA) is 78.9 Å². The summed E-state index contributed by atoms with van der Waals surface area (Å²) in [4.78, 5) is 25.8. The lowest BCUT2D eigenvalue weighted by Gasteiger charge is -2.26. The fraction of sp³-hybridized carbons (Fsp3) is 0.300. The molecule has 0 bridgehead atoms. The highest BCUT2D eigenvalue weighted by Crippen LogP contribution is 2.14. The summed E-state index contributed by atoms with van der Waals surface area (Å²) in [6.07, 6.45) is 0.0258. The molecule has 0 saturated carbocycles. The number of benzene rings is 2. The molecule has 1 heterocycles. The number of anilines is 1. The van der Waals surface area contributed by atoms with E-state index < -0.39 is 5.97 Å². The Labute approximate surface area is 152 Å². The van der Waals surface area contributed by atoms with Gasteiger partial charge in [-0.15, -0.1) is 0 Å². The van der Waals surface area contributed by atoms with E-state index in [-0.39, 0.29) is 17.9 Å². The van der Waals surface area contributed by atoms with E-state index in [1.807, 2.05) is 24.3 Å². The van der Waals surface area contributed by atoms with Crippen LogP contribution in [0.5, 0.6) is 0 Å². The van der Waals surface area contributed by atoms with Gasteiger partial charge in [0.15, 0.2) is 0 Å². The lowest BCUT2D eigenvalue weighted by atomic mass is 10.0. The molecule has 0 spiro atoms. The number of hydrogen-bond donors (Lipinski definition) is 2. The lowest BCUT2D eigenvalue weighted by molar-refractivity contribution is -0.115. The van der Waals surface area contributed by atoms with Gasteiger partial charge in [0.05, 0.1) is 25.2 Å². The van der Waals surface area contributed by atoms with Gasteiger partial charge in [0.1, 0.15) is 0 Å². The largest absolute Gasteiger partial charge is 0.478 e. The van der Waals surface area contributed by atoms with Gasteiger partial charge in [0, 0.05) is 25.3 Å². The maximum atomic E-state index is 12.2. The van der Waals surface area contributed by atoms with Gasteiger partial charge in [-0.3, -0.25) is 9.69 Å². The third-order valence-electron chi connectivity index (χ3n) is 4.35. The van der Waals surface area contributed by atoms with Crippen LogP contribution in [-0.4, -0.2) is 48.2 Å². The van der Waals surface area contributed by atoms with Crippen LogP contribution >= 0.6 is 0 Å². The molecule has 0 aromatic heterocycles. The second kappa shape index (κ2) is 8.60. The molecule has 0 unspecified atom stereocenters. The van der Waals surface area contributed by atoms with Crippen LogP contribution in [0.4, 0.5) is 5.69 Å². The number of ether oxygens (including phenoxy) is 1. The molecule has 1 saturated heterocycles. The van der Waals surface area contributed by atoms with Crippen molar-refractivity contribution in [1.82, 2.24) is 4.90 Å². The second-order valence-electron chi connectivity index (χ2n) is 6.27. The van der Waals surface area contributed by atoms with Gasteiger partial charge >= 0.3 is 5.97 Å². The molecule has 2 aromatic rings. The molecule has 3 rings (SSSR count). The molecule has 6 heteroatoms. The van der Waals surface area contributed by atoms with E-state index in [0.717, 1.165) is 32.8 Å². The summed E-state index contributed by atoms with van der Waals surface area (Å²) in [6.45, 7) is 4.27. The molecule has 6 nitrogen and oxygen atoms in total. The normalized spacial score (nSPS) is 14.8. The zero-order chi connectivity index (χ0) is 18.4. The molecular weight excluding hydrogens is 332 g/mol. The van der Waals surface area contributed by atoms with Crippen LogP contribution < -0.4 is 5.32 Å². The highest BCUT2D eigenvalue weighted by atomic mass is 16.5. The molecule has 1 aliphatic heterocycles. The van der Waals surface area contributed by atoms with Crippen LogP contribution in [0.2, 0.25) is 0 Å². The average Bonchev–Trinajstić information content (AvgIpc) is 2.64. The number of carbonyl (C=O) groups excluding carboxylic acids is 1. The number of carboxylic acids is 1. The summed E-state index contributed by atoms with van der Waals surface area (Å²) in [7, 11) is 0. The number of carboxylic acid groups (broad SMARTS) is 1. The van der Waals surface area contributed by atoms with Gasteiger partial charge in [-0.2, -0.15) is 0 Å². The molecule has 0 aliphatic carbocycles.